The van der Waals surface area contributed by atoms with Crippen LogP contribution in [0, 0.1) is 0 Å². The highest BCUT2D eigenvalue weighted by atomic mass is 16.6. The third-order valence-electron chi connectivity index (χ3n) is 3.99. The van der Waals surface area contributed by atoms with Crippen molar-refractivity contribution in [3.05, 3.63) is 104 Å². The van der Waals surface area contributed by atoms with Crippen LogP contribution in [0.25, 0.3) is 6.08 Å². The molecule has 2 aromatic carbocycles. The fraction of sp³-hybridized carbons (Fsp3) is 0.0370. The maximum absolute atomic E-state index is 11.5. The van der Waals surface area contributed by atoms with Gasteiger partial charge < -0.3 is 23.7 Å². The maximum atomic E-state index is 11.5. The molecular weight excluding hydrogens is 468 g/mol. The molecule has 0 N–H and O–H groups in total. The van der Waals surface area contributed by atoms with Crippen molar-refractivity contribution in [3.63, 3.8) is 0 Å². The molecule has 9 heteroatoms. The van der Waals surface area contributed by atoms with E-state index in [0.29, 0.717) is 11.1 Å². The lowest BCUT2D eigenvalue weighted by atomic mass is 10.2. The van der Waals surface area contributed by atoms with Crippen LogP contribution >= 0.6 is 0 Å². The number of hydrogen-bond donors (Lipinski definition) is 0. The normalized spacial score (nSPS) is 10.0. The van der Waals surface area contributed by atoms with Gasteiger partial charge in [-0.1, -0.05) is 26.3 Å². The van der Waals surface area contributed by atoms with Gasteiger partial charge in [0, 0.05) is 36.4 Å². The molecule has 36 heavy (non-hydrogen) atoms. The number of esters is 4. The summed E-state index contributed by atoms with van der Waals surface area (Å²) in [5.74, 6) is -2.34. The van der Waals surface area contributed by atoms with Crippen LogP contribution in [0.5, 0.6) is 23.0 Å². The maximum Gasteiger partial charge on any atom is 0.335 e. The molecular formula is C27H22O9. The van der Waals surface area contributed by atoms with Gasteiger partial charge in [-0.25, -0.2) is 19.2 Å². The van der Waals surface area contributed by atoms with E-state index in [1.807, 2.05) is 0 Å². The molecule has 0 aromatic heterocycles. The molecule has 0 bridgehead atoms. The van der Waals surface area contributed by atoms with E-state index in [0.717, 1.165) is 24.3 Å². The summed E-state index contributed by atoms with van der Waals surface area (Å²) in [6.07, 6.45) is 6.82. The fourth-order valence-electron chi connectivity index (χ4n) is 2.54. The number of hydrogen-bond acceptors (Lipinski definition) is 9. The van der Waals surface area contributed by atoms with Gasteiger partial charge >= 0.3 is 23.9 Å². The second-order valence-corrected chi connectivity index (χ2v) is 6.67. The minimum Gasteiger partial charge on any atom is -0.496 e. The Balaban J connectivity index is 2.21. The number of benzene rings is 2. The number of carbonyl (C=O) groups is 4. The second kappa shape index (κ2) is 13.5. The van der Waals surface area contributed by atoms with Crippen LogP contribution in [0.3, 0.4) is 0 Å². The summed E-state index contributed by atoms with van der Waals surface area (Å²) in [7, 11) is 0. The summed E-state index contributed by atoms with van der Waals surface area (Å²) in [6, 6.07) is 8.75. The zero-order chi connectivity index (χ0) is 26.5. The zero-order valence-electron chi connectivity index (χ0n) is 19.1. The molecule has 184 valence electrons. The van der Waals surface area contributed by atoms with Crippen LogP contribution in [0.4, 0.5) is 0 Å². The Kier molecular flexibility index (Phi) is 10.2. The first-order chi connectivity index (χ1) is 17.3. The van der Waals surface area contributed by atoms with Gasteiger partial charge in [-0.2, -0.15) is 0 Å². The lowest BCUT2D eigenvalue weighted by Gasteiger charge is -2.09. The number of carbonyl (C=O) groups excluding carboxylic acids is 4. The zero-order valence-corrected chi connectivity index (χ0v) is 19.1. The van der Waals surface area contributed by atoms with E-state index in [-0.39, 0.29) is 29.6 Å². The summed E-state index contributed by atoms with van der Waals surface area (Å²) in [5.41, 5.74) is 0.987. The molecule has 0 heterocycles. The molecule has 9 nitrogen and oxygen atoms in total. The Morgan fingerprint density at radius 3 is 1.31 bits per heavy atom. The quantitative estimate of drug-likeness (QED) is 0.186. The van der Waals surface area contributed by atoms with Crippen molar-refractivity contribution >= 4 is 30.0 Å². The molecule has 0 fully saturated rings. The van der Waals surface area contributed by atoms with Crippen LogP contribution in [0.15, 0.2) is 93.3 Å². The van der Waals surface area contributed by atoms with Crippen molar-refractivity contribution in [2.75, 3.05) is 0 Å². The first-order valence-electron chi connectivity index (χ1n) is 10.2. The second-order valence-electron chi connectivity index (χ2n) is 6.67. The molecule has 0 spiro atoms. The largest absolute Gasteiger partial charge is 0.496 e. The molecule has 0 saturated heterocycles. The van der Waals surface area contributed by atoms with Crippen molar-refractivity contribution in [1.29, 1.82) is 0 Å². The van der Waals surface area contributed by atoms with Crippen LogP contribution in [0.1, 0.15) is 11.1 Å². The van der Waals surface area contributed by atoms with E-state index in [1.54, 1.807) is 0 Å². The molecule has 0 saturated carbocycles. The summed E-state index contributed by atoms with van der Waals surface area (Å²) in [4.78, 5) is 46.2. The van der Waals surface area contributed by atoms with Crippen molar-refractivity contribution in [2.45, 2.75) is 6.61 Å². The summed E-state index contributed by atoms with van der Waals surface area (Å²) in [6.45, 7) is 13.3. The van der Waals surface area contributed by atoms with E-state index in [9.17, 15) is 19.2 Å². The Morgan fingerprint density at radius 2 is 0.944 bits per heavy atom. The van der Waals surface area contributed by atoms with Crippen LogP contribution < -0.4 is 18.9 Å². The van der Waals surface area contributed by atoms with Gasteiger partial charge in [0.15, 0.2) is 0 Å². The van der Waals surface area contributed by atoms with E-state index in [2.05, 4.69) is 26.3 Å². The van der Waals surface area contributed by atoms with E-state index < -0.39 is 23.9 Å². The predicted molar refractivity (Wildman–Crippen MR) is 130 cm³/mol. The monoisotopic (exact) mass is 490 g/mol. The van der Waals surface area contributed by atoms with Gasteiger partial charge in [0.2, 0.25) is 0 Å². The van der Waals surface area contributed by atoms with Crippen molar-refractivity contribution in [2.24, 2.45) is 0 Å². The van der Waals surface area contributed by atoms with Crippen LogP contribution in [-0.4, -0.2) is 23.9 Å². The van der Waals surface area contributed by atoms with Gasteiger partial charge in [-0.05, 0) is 41.5 Å². The number of ether oxygens (including phenoxy) is 5. The topological polar surface area (TPSA) is 114 Å². The summed E-state index contributed by atoms with van der Waals surface area (Å²) >= 11 is 0. The molecule has 0 aliphatic heterocycles. The molecule has 0 unspecified atom stereocenters. The molecule has 0 atom stereocenters. The number of rotatable bonds is 12. The van der Waals surface area contributed by atoms with Gasteiger partial charge in [0.1, 0.15) is 29.6 Å². The predicted octanol–water partition coefficient (Wildman–Crippen LogP) is 4.24. The van der Waals surface area contributed by atoms with Crippen molar-refractivity contribution in [1.82, 2.24) is 0 Å². The average Bonchev–Trinajstić information content (AvgIpc) is 2.86. The smallest absolute Gasteiger partial charge is 0.335 e. The lowest BCUT2D eigenvalue weighted by molar-refractivity contribution is -0.130. The van der Waals surface area contributed by atoms with E-state index >= 15 is 0 Å². The summed E-state index contributed by atoms with van der Waals surface area (Å²) in [5, 5.41) is 0. The minimum atomic E-state index is -0.696. The first-order valence-corrected chi connectivity index (χ1v) is 10.2. The fourth-order valence-corrected chi connectivity index (χ4v) is 2.54. The molecule has 0 amide bonds. The Bertz CT molecular complexity index is 1160. The molecule has 2 rings (SSSR count). The Labute approximate surface area is 207 Å². The third kappa shape index (κ3) is 8.99. The highest BCUT2D eigenvalue weighted by molar-refractivity contribution is 5.85. The Morgan fingerprint density at radius 1 is 0.583 bits per heavy atom. The molecule has 0 aliphatic rings. The highest BCUT2D eigenvalue weighted by Crippen LogP contribution is 2.26. The average molecular weight is 490 g/mol. The lowest BCUT2D eigenvalue weighted by Crippen LogP contribution is -2.06. The van der Waals surface area contributed by atoms with Crippen LogP contribution in [-0.2, 0) is 30.5 Å². The van der Waals surface area contributed by atoms with E-state index in [4.69, 9.17) is 23.7 Å². The Hall–Kier alpha value is -5.18. The van der Waals surface area contributed by atoms with Gasteiger partial charge in [-0.3, -0.25) is 0 Å². The molecule has 0 radical (unpaired) electrons. The third-order valence-corrected chi connectivity index (χ3v) is 3.99. The standard InChI is InChI=1S/C27H22O9/c1-5-24(28)33-20-11-18(12-21(15-20)34-25(29)6-2)9-10-32-17-19-13-22(35-26(30)7-3)16-23(14-19)36-27(31)8-4/h5-16H,1-4,17H2/b10-9+. The molecule has 2 aromatic rings. The van der Waals surface area contributed by atoms with Gasteiger partial charge in [-0.15, -0.1) is 0 Å². The van der Waals surface area contributed by atoms with Gasteiger partial charge in [0.05, 0.1) is 6.26 Å². The minimum absolute atomic E-state index is 0.00192. The molecule has 0 aliphatic carbocycles. The SMILES string of the molecule is C=CC(=O)Oc1cc(/C=C/OCc2cc(OC(=O)C=C)cc(OC(=O)C=C)c2)cc(OC(=O)C=C)c1. The van der Waals surface area contributed by atoms with E-state index in [1.165, 1.54) is 48.7 Å². The van der Waals surface area contributed by atoms with Crippen molar-refractivity contribution in [3.8, 4) is 23.0 Å². The van der Waals surface area contributed by atoms with Crippen molar-refractivity contribution < 1.29 is 42.9 Å². The van der Waals surface area contributed by atoms with Crippen LogP contribution in [0.2, 0.25) is 0 Å². The van der Waals surface area contributed by atoms with Gasteiger partial charge in [0.25, 0.3) is 0 Å². The summed E-state index contributed by atoms with van der Waals surface area (Å²) < 4.78 is 25.9. The highest BCUT2D eigenvalue weighted by Gasteiger charge is 2.10. The first kappa shape index (κ1) is 27.1.